The van der Waals surface area contributed by atoms with Gasteiger partial charge < -0.3 is 15.8 Å². The number of anilines is 1. The highest BCUT2D eigenvalue weighted by molar-refractivity contribution is 6.11. The minimum Gasteiger partial charge on any atom is -0.496 e. The van der Waals surface area contributed by atoms with Crippen LogP contribution in [0.4, 0.5) is 5.69 Å². The molecular weight excluding hydrogens is 302 g/mol. The molecule has 0 aliphatic heterocycles. The Morgan fingerprint density at radius 3 is 2.71 bits per heavy atom. The van der Waals surface area contributed by atoms with Gasteiger partial charge in [0.15, 0.2) is 0 Å². The second-order valence-corrected chi connectivity index (χ2v) is 5.43. The van der Waals surface area contributed by atoms with Crippen LogP contribution in [0.25, 0.3) is 10.8 Å². The quantitative estimate of drug-likeness (QED) is 0.708. The maximum Gasteiger partial charge on any atom is 0.270 e. The Hall–Kier alpha value is -3.08. The van der Waals surface area contributed by atoms with Gasteiger partial charge in [-0.2, -0.15) is 0 Å². The molecule has 0 radical (unpaired) electrons. The number of pyridine rings is 1. The maximum atomic E-state index is 12.5. The normalized spacial score (nSPS) is 10.5. The van der Waals surface area contributed by atoms with Gasteiger partial charge in [0.2, 0.25) is 0 Å². The summed E-state index contributed by atoms with van der Waals surface area (Å²) >= 11 is 0. The number of hydrogen-bond donors (Lipinski definition) is 2. The fourth-order valence-corrected chi connectivity index (χ4v) is 2.70. The number of carbonyl (C=O) groups excluding carboxylic acids is 1. The second kappa shape index (κ2) is 7.00. The topological polar surface area (TPSA) is 77.2 Å². The number of benzene rings is 2. The highest BCUT2D eigenvalue weighted by atomic mass is 16.5. The van der Waals surface area contributed by atoms with Crippen molar-refractivity contribution in [1.29, 1.82) is 0 Å². The number of aromatic nitrogens is 1. The van der Waals surface area contributed by atoms with Gasteiger partial charge in [0, 0.05) is 29.2 Å². The number of methoxy groups -OCH3 is 1. The van der Waals surface area contributed by atoms with Gasteiger partial charge in [-0.1, -0.05) is 30.3 Å². The van der Waals surface area contributed by atoms with Gasteiger partial charge in [0.1, 0.15) is 11.4 Å². The molecule has 5 heteroatoms. The molecule has 122 valence electrons. The molecule has 5 nitrogen and oxygen atoms in total. The van der Waals surface area contributed by atoms with E-state index in [9.17, 15) is 4.79 Å². The minimum atomic E-state index is -0.239. The molecule has 2 aromatic carbocycles. The summed E-state index contributed by atoms with van der Waals surface area (Å²) in [4.78, 5) is 16.8. The summed E-state index contributed by atoms with van der Waals surface area (Å²) in [5, 5.41) is 4.30. The van der Waals surface area contributed by atoms with Crippen molar-refractivity contribution < 1.29 is 9.53 Å². The van der Waals surface area contributed by atoms with E-state index in [2.05, 4.69) is 10.3 Å². The SMILES string of the molecule is COc1ccc(N)c2c(C(=O)NCCc3ccccc3)nccc12. The van der Waals surface area contributed by atoms with Gasteiger partial charge in [-0.05, 0) is 30.2 Å². The zero-order chi connectivity index (χ0) is 16.9. The molecule has 1 heterocycles. The van der Waals surface area contributed by atoms with Crippen LogP contribution in [-0.4, -0.2) is 24.5 Å². The van der Waals surface area contributed by atoms with Crippen molar-refractivity contribution in [3.8, 4) is 5.75 Å². The van der Waals surface area contributed by atoms with E-state index in [1.54, 1.807) is 31.5 Å². The van der Waals surface area contributed by atoms with Gasteiger partial charge in [-0.3, -0.25) is 9.78 Å². The molecule has 1 amide bonds. The summed E-state index contributed by atoms with van der Waals surface area (Å²) < 4.78 is 5.34. The number of hydrogen-bond acceptors (Lipinski definition) is 4. The molecule has 3 rings (SSSR count). The van der Waals surface area contributed by atoms with E-state index in [0.717, 1.165) is 11.8 Å². The first-order chi connectivity index (χ1) is 11.7. The molecule has 3 aromatic rings. The summed E-state index contributed by atoms with van der Waals surface area (Å²) in [5.41, 5.74) is 8.06. The van der Waals surface area contributed by atoms with Crippen LogP contribution in [0.5, 0.6) is 5.75 Å². The highest BCUT2D eigenvalue weighted by Gasteiger charge is 2.15. The first-order valence-electron chi connectivity index (χ1n) is 7.74. The standard InChI is InChI=1S/C19H19N3O2/c1-24-16-8-7-15(20)17-14(16)10-12-21-18(17)19(23)22-11-9-13-5-3-2-4-6-13/h2-8,10,12H,9,11,20H2,1H3,(H,22,23). The van der Waals surface area contributed by atoms with Gasteiger partial charge >= 0.3 is 0 Å². The highest BCUT2D eigenvalue weighted by Crippen LogP contribution is 2.31. The summed E-state index contributed by atoms with van der Waals surface area (Å²) in [6.07, 6.45) is 2.35. The number of fused-ring (bicyclic) bond motifs is 1. The van der Waals surface area contributed by atoms with Crippen molar-refractivity contribution in [2.24, 2.45) is 0 Å². The van der Waals surface area contributed by atoms with E-state index >= 15 is 0 Å². The van der Waals surface area contributed by atoms with Crippen LogP contribution in [-0.2, 0) is 6.42 Å². The lowest BCUT2D eigenvalue weighted by Crippen LogP contribution is -2.27. The van der Waals surface area contributed by atoms with Crippen molar-refractivity contribution in [1.82, 2.24) is 10.3 Å². The molecule has 0 fully saturated rings. The van der Waals surface area contributed by atoms with Crippen LogP contribution < -0.4 is 15.8 Å². The largest absolute Gasteiger partial charge is 0.496 e. The van der Waals surface area contributed by atoms with Crippen molar-refractivity contribution >= 4 is 22.4 Å². The predicted molar refractivity (Wildman–Crippen MR) is 95.2 cm³/mol. The molecule has 24 heavy (non-hydrogen) atoms. The lowest BCUT2D eigenvalue weighted by molar-refractivity contribution is 0.0951. The third kappa shape index (κ3) is 3.15. The molecule has 0 unspecified atom stereocenters. The number of carbonyl (C=O) groups is 1. The second-order valence-electron chi connectivity index (χ2n) is 5.43. The van der Waals surface area contributed by atoms with E-state index in [0.29, 0.717) is 29.1 Å². The maximum absolute atomic E-state index is 12.5. The molecule has 0 spiro atoms. The summed E-state index contributed by atoms with van der Waals surface area (Å²) in [6.45, 7) is 0.533. The van der Waals surface area contributed by atoms with Crippen LogP contribution in [0.1, 0.15) is 16.1 Å². The van der Waals surface area contributed by atoms with Crippen LogP contribution in [0, 0.1) is 0 Å². The zero-order valence-electron chi connectivity index (χ0n) is 13.5. The smallest absolute Gasteiger partial charge is 0.270 e. The van der Waals surface area contributed by atoms with Crippen molar-refractivity contribution in [2.45, 2.75) is 6.42 Å². The average Bonchev–Trinajstić information content (AvgIpc) is 2.62. The molecule has 0 saturated carbocycles. The minimum absolute atomic E-state index is 0.239. The third-order valence-electron chi connectivity index (χ3n) is 3.90. The number of nitrogen functional groups attached to an aromatic ring is 1. The number of ether oxygens (including phenoxy) is 1. The Morgan fingerprint density at radius 1 is 1.17 bits per heavy atom. The number of rotatable bonds is 5. The van der Waals surface area contributed by atoms with Crippen molar-refractivity contribution in [3.63, 3.8) is 0 Å². The van der Waals surface area contributed by atoms with E-state index in [1.165, 1.54) is 5.56 Å². The molecule has 0 atom stereocenters. The number of nitrogens with one attached hydrogen (secondary N) is 1. The molecule has 1 aromatic heterocycles. The molecule has 0 aliphatic carbocycles. The Morgan fingerprint density at radius 2 is 1.96 bits per heavy atom. The van der Waals surface area contributed by atoms with E-state index in [-0.39, 0.29) is 5.91 Å². The van der Waals surface area contributed by atoms with Crippen LogP contribution >= 0.6 is 0 Å². The van der Waals surface area contributed by atoms with Crippen LogP contribution in [0.15, 0.2) is 54.7 Å². The van der Waals surface area contributed by atoms with Crippen LogP contribution in [0.2, 0.25) is 0 Å². The van der Waals surface area contributed by atoms with E-state index in [4.69, 9.17) is 10.5 Å². The summed E-state index contributed by atoms with van der Waals surface area (Å²) in [6, 6.07) is 15.3. The first-order valence-corrected chi connectivity index (χ1v) is 7.74. The Bertz CT molecular complexity index is 863. The number of nitrogens with two attached hydrogens (primary N) is 1. The van der Waals surface area contributed by atoms with Gasteiger partial charge in [0.05, 0.1) is 7.11 Å². The Labute approximate surface area is 140 Å². The molecule has 0 bridgehead atoms. The fraction of sp³-hybridized carbons (Fsp3) is 0.158. The molecule has 0 saturated heterocycles. The molecular formula is C19H19N3O2. The Kier molecular flexibility index (Phi) is 4.61. The monoisotopic (exact) mass is 321 g/mol. The fourth-order valence-electron chi connectivity index (χ4n) is 2.70. The molecule has 0 aliphatic rings. The van der Waals surface area contributed by atoms with Crippen molar-refractivity contribution in [2.75, 3.05) is 19.4 Å². The van der Waals surface area contributed by atoms with E-state index in [1.807, 2.05) is 30.3 Å². The average molecular weight is 321 g/mol. The van der Waals surface area contributed by atoms with Gasteiger partial charge in [-0.25, -0.2) is 0 Å². The number of amides is 1. The Balaban J connectivity index is 1.82. The lowest BCUT2D eigenvalue weighted by atomic mass is 10.1. The third-order valence-corrected chi connectivity index (χ3v) is 3.90. The number of nitrogens with zero attached hydrogens (tertiary/aromatic N) is 1. The summed E-state index contributed by atoms with van der Waals surface area (Å²) in [5.74, 6) is 0.427. The lowest BCUT2D eigenvalue weighted by Gasteiger charge is -2.11. The summed E-state index contributed by atoms with van der Waals surface area (Å²) in [7, 11) is 1.59. The van der Waals surface area contributed by atoms with Gasteiger partial charge in [-0.15, -0.1) is 0 Å². The molecule has 3 N–H and O–H groups in total. The predicted octanol–water partition coefficient (Wildman–Crippen LogP) is 2.80. The van der Waals surface area contributed by atoms with E-state index < -0.39 is 0 Å². The van der Waals surface area contributed by atoms with Crippen molar-refractivity contribution in [3.05, 3.63) is 66.0 Å². The zero-order valence-corrected chi connectivity index (χ0v) is 13.5. The first kappa shape index (κ1) is 15.8. The van der Waals surface area contributed by atoms with Gasteiger partial charge in [0.25, 0.3) is 5.91 Å². The van der Waals surface area contributed by atoms with Crippen LogP contribution in [0.3, 0.4) is 0 Å².